The van der Waals surface area contributed by atoms with Crippen molar-refractivity contribution in [2.75, 3.05) is 5.32 Å². The number of hydrogen-bond acceptors (Lipinski definition) is 7. The largest absolute Gasteiger partial charge is 0.504 e. The number of phenolic OH excluding ortho intramolecular Hbond substituents is 1. The number of anilines is 1. The fraction of sp³-hybridized carbons (Fsp3) is 0. The Morgan fingerprint density at radius 2 is 2.00 bits per heavy atom. The fourth-order valence-corrected chi connectivity index (χ4v) is 4.00. The third-order valence-electron chi connectivity index (χ3n) is 4.43. The highest BCUT2D eigenvalue weighted by Crippen LogP contribution is 2.39. The lowest BCUT2D eigenvalue weighted by Gasteiger charge is -2.01. The summed E-state index contributed by atoms with van der Waals surface area (Å²) < 4.78 is 11.2. The maximum atomic E-state index is 12.5. The summed E-state index contributed by atoms with van der Waals surface area (Å²) >= 11 is 1.24. The van der Waals surface area contributed by atoms with Gasteiger partial charge >= 0.3 is 5.91 Å². The molecule has 0 saturated heterocycles. The number of hydrogen-bond donors (Lipinski definition) is 2. The van der Waals surface area contributed by atoms with Crippen LogP contribution in [0.4, 0.5) is 5.69 Å². The molecule has 1 amide bonds. The highest BCUT2D eigenvalue weighted by atomic mass is 32.1. The number of phenols is 1. The van der Waals surface area contributed by atoms with E-state index in [1.165, 1.54) is 17.4 Å². The van der Waals surface area contributed by atoms with Gasteiger partial charge in [-0.15, -0.1) is 11.3 Å². The van der Waals surface area contributed by atoms with Crippen LogP contribution in [-0.2, 0) is 0 Å². The van der Waals surface area contributed by atoms with E-state index in [9.17, 15) is 14.7 Å². The molecule has 0 radical (unpaired) electrons. The Morgan fingerprint density at radius 3 is 2.79 bits per heavy atom. The lowest BCUT2D eigenvalue weighted by Crippen LogP contribution is -2.12. The Morgan fingerprint density at radius 1 is 1.14 bits per heavy atom. The molecule has 0 spiro atoms. The molecular weight excluding hydrogens is 392 g/mol. The molecule has 5 rings (SSSR count). The zero-order chi connectivity index (χ0) is 20.0. The Kier molecular flexibility index (Phi) is 3.92. The molecule has 3 heterocycles. The van der Waals surface area contributed by atoms with Crippen molar-refractivity contribution in [2.45, 2.75) is 0 Å². The Hall–Kier alpha value is -3.91. The van der Waals surface area contributed by atoms with Crippen molar-refractivity contribution in [1.82, 2.24) is 4.98 Å². The van der Waals surface area contributed by atoms with Gasteiger partial charge in [-0.1, -0.05) is 24.3 Å². The van der Waals surface area contributed by atoms with Crippen LogP contribution in [0.25, 0.3) is 32.7 Å². The number of aromatic hydroxyl groups is 1. The first-order valence-electron chi connectivity index (χ1n) is 8.59. The normalized spacial score (nSPS) is 11.2. The van der Waals surface area contributed by atoms with Crippen LogP contribution in [0, 0.1) is 0 Å². The number of carbonyl (C=O) groups is 2. The van der Waals surface area contributed by atoms with Gasteiger partial charge < -0.3 is 19.3 Å². The van der Waals surface area contributed by atoms with Gasteiger partial charge in [0.2, 0.25) is 0 Å². The highest BCUT2D eigenvalue weighted by molar-refractivity contribution is 7.14. The predicted molar refractivity (Wildman–Crippen MR) is 109 cm³/mol. The lowest BCUT2D eigenvalue weighted by molar-refractivity contribution is 0.0992. The van der Waals surface area contributed by atoms with Gasteiger partial charge in [0.15, 0.2) is 23.2 Å². The minimum Gasteiger partial charge on any atom is -0.504 e. The Bertz CT molecular complexity index is 1360. The van der Waals surface area contributed by atoms with Crippen molar-refractivity contribution < 1.29 is 23.5 Å². The van der Waals surface area contributed by atoms with Crippen LogP contribution in [0.2, 0.25) is 0 Å². The van der Waals surface area contributed by atoms with Crippen LogP contribution in [-0.4, -0.2) is 22.3 Å². The van der Waals surface area contributed by atoms with Gasteiger partial charge in [0.05, 0.1) is 16.1 Å². The van der Waals surface area contributed by atoms with Crippen molar-refractivity contribution in [1.29, 1.82) is 0 Å². The lowest BCUT2D eigenvalue weighted by atomic mass is 10.2. The third kappa shape index (κ3) is 2.86. The van der Waals surface area contributed by atoms with Crippen molar-refractivity contribution in [2.24, 2.45) is 0 Å². The molecule has 8 heteroatoms. The summed E-state index contributed by atoms with van der Waals surface area (Å²) in [6.07, 6.45) is 0.653. The summed E-state index contributed by atoms with van der Waals surface area (Å²) in [7, 11) is 0. The highest BCUT2D eigenvalue weighted by Gasteiger charge is 2.21. The first-order valence-corrected chi connectivity index (χ1v) is 9.47. The molecule has 7 nitrogen and oxygen atoms in total. The number of thiophene rings is 1. The number of oxazole rings is 1. The molecule has 3 aromatic heterocycles. The van der Waals surface area contributed by atoms with Crippen molar-refractivity contribution in [3.8, 4) is 16.4 Å². The molecule has 0 unspecified atom stereocenters. The first kappa shape index (κ1) is 17.2. The quantitative estimate of drug-likeness (QED) is 0.405. The van der Waals surface area contributed by atoms with Gasteiger partial charge in [-0.05, 0) is 24.3 Å². The Balaban J connectivity index is 1.49. The van der Waals surface area contributed by atoms with E-state index in [0.717, 1.165) is 0 Å². The monoisotopic (exact) mass is 404 g/mol. The fourth-order valence-electron chi connectivity index (χ4n) is 3.08. The van der Waals surface area contributed by atoms with Crippen molar-refractivity contribution >= 4 is 51.3 Å². The number of aromatic nitrogens is 1. The van der Waals surface area contributed by atoms with E-state index >= 15 is 0 Å². The predicted octanol–water partition coefficient (Wildman–Crippen LogP) is 5.07. The van der Waals surface area contributed by atoms with Crippen LogP contribution in [0.15, 0.2) is 62.7 Å². The summed E-state index contributed by atoms with van der Waals surface area (Å²) in [5.74, 6) is -0.209. The van der Waals surface area contributed by atoms with E-state index in [1.807, 2.05) is 0 Å². The smallest absolute Gasteiger partial charge is 0.311 e. The first-order chi connectivity index (χ1) is 14.1. The third-order valence-corrected chi connectivity index (χ3v) is 5.44. The molecule has 0 fully saturated rings. The van der Waals surface area contributed by atoms with Crippen molar-refractivity contribution in [3.05, 3.63) is 65.4 Å². The van der Waals surface area contributed by atoms with E-state index in [0.29, 0.717) is 44.7 Å². The number of nitrogens with zero attached hydrogens (tertiary/aromatic N) is 1. The average molecular weight is 404 g/mol. The van der Waals surface area contributed by atoms with E-state index in [1.54, 1.807) is 47.8 Å². The molecule has 0 saturated carbocycles. The molecule has 29 heavy (non-hydrogen) atoms. The minimum absolute atomic E-state index is 0.0162. The molecule has 5 aromatic rings. The van der Waals surface area contributed by atoms with Crippen LogP contribution >= 0.6 is 11.3 Å². The second-order valence-electron chi connectivity index (χ2n) is 6.26. The van der Waals surface area contributed by atoms with Gasteiger partial charge in [0.1, 0.15) is 11.3 Å². The van der Waals surface area contributed by atoms with Gasteiger partial charge in [-0.3, -0.25) is 9.59 Å². The second-order valence-corrected chi connectivity index (χ2v) is 7.14. The SMILES string of the molecule is O=Cc1c(NC(=O)c2nc3ccccc3o2)csc1-c1cc2cccc(O)c2o1. The topological polar surface area (TPSA) is 106 Å². The van der Waals surface area contributed by atoms with Gasteiger partial charge in [-0.2, -0.15) is 0 Å². The van der Waals surface area contributed by atoms with Gasteiger partial charge in [0, 0.05) is 10.8 Å². The summed E-state index contributed by atoms with van der Waals surface area (Å²) in [4.78, 5) is 29.0. The number of para-hydroxylation sites is 3. The molecule has 0 atom stereocenters. The minimum atomic E-state index is -0.559. The molecule has 0 bridgehead atoms. The average Bonchev–Trinajstić information content (AvgIpc) is 3.44. The summed E-state index contributed by atoms with van der Waals surface area (Å²) in [5, 5.41) is 15.0. The number of furan rings is 1. The summed E-state index contributed by atoms with van der Waals surface area (Å²) in [5.41, 5.74) is 2.02. The number of fused-ring (bicyclic) bond motifs is 2. The van der Waals surface area contributed by atoms with E-state index in [-0.39, 0.29) is 17.2 Å². The van der Waals surface area contributed by atoms with Crippen LogP contribution < -0.4 is 5.32 Å². The second kappa shape index (κ2) is 6.61. The number of carbonyl (C=O) groups excluding carboxylic acids is 2. The number of nitrogens with one attached hydrogen (secondary N) is 1. The molecule has 2 aromatic carbocycles. The van der Waals surface area contributed by atoms with E-state index in [4.69, 9.17) is 8.83 Å². The molecule has 2 N–H and O–H groups in total. The zero-order valence-electron chi connectivity index (χ0n) is 14.7. The van der Waals surface area contributed by atoms with Crippen LogP contribution in [0.3, 0.4) is 0 Å². The molecule has 142 valence electrons. The van der Waals surface area contributed by atoms with Crippen molar-refractivity contribution in [3.63, 3.8) is 0 Å². The maximum absolute atomic E-state index is 12.5. The molecule has 0 aliphatic carbocycles. The van der Waals surface area contributed by atoms with Crippen LogP contribution in [0.1, 0.15) is 21.0 Å². The number of rotatable bonds is 4. The number of benzene rings is 2. The summed E-state index contributed by atoms with van der Waals surface area (Å²) in [6, 6.07) is 13.8. The maximum Gasteiger partial charge on any atom is 0.311 e. The number of amides is 1. The standard InChI is InChI=1S/C21H12N2O5S/c24-9-12-14(22-20(26)21-23-13-5-1-2-7-16(13)28-21)10-29-19(12)17-8-11-4-3-6-15(25)18(11)27-17/h1-10,25H,(H,22,26). The van der Waals surface area contributed by atoms with E-state index < -0.39 is 5.91 Å². The zero-order valence-corrected chi connectivity index (χ0v) is 15.5. The number of aldehydes is 1. The summed E-state index contributed by atoms with van der Waals surface area (Å²) in [6.45, 7) is 0. The Labute approximate surface area is 167 Å². The van der Waals surface area contributed by atoms with Gasteiger partial charge in [-0.25, -0.2) is 4.98 Å². The van der Waals surface area contributed by atoms with Gasteiger partial charge in [0.25, 0.3) is 5.89 Å². The van der Waals surface area contributed by atoms with Crippen LogP contribution in [0.5, 0.6) is 5.75 Å². The van der Waals surface area contributed by atoms with E-state index in [2.05, 4.69) is 10.3 Å². The molecular formula is C21H12N2O5S. The molecule has 0 aliphatic heterocycles. The molecule has 0 aliphatic rings.